The first-order valence-electron chi connectivity index (χ1n) is 9.64. The van der Waals surface area contributed by atoms with Crippen LogP contribution in [0.5, 0.6) is 11.5 Å². The van der Waals surface area contributed by atoms with E-state index in [-0.39, 0.29) is 12.0 Å². The van der Waals surface area contributed by atoms with E-state index in [0.717, 1.165) is 5.56 Å². The number of rotatable bonds is 7. The number of hydrogen-bond acceptors (Lipinski definition) is 5. The Morgan fingerprint density at radius 2 is 1.79 bits per heavy atom. The Labute approximate surface area is 166 Å². The van der Waals surface area contributed by atoms with Crippen LogP contribution in [0.15, 0.2) is 24.3 Å². The van der Waals surface area contributed by atoms with Crippen molar-refractivity contribution >= 4 is 18.1 Å². The third-order valence-corrected chi connectivity index (χ3v) is 4.30. The second-order valence-corrected chi connectivity index (χ2v) is 6.96. The molecule has 0 atom stereocenters. The van der Waals surface area contributed by atoms with Crippen molar-refractivity contribution in [1.82, 2.24) is 9.80 Å². The molecular weight excluding hydrogens is 360 g/mol. The molecular formula is C21H30N2O5. The van der Waals surface area contributed by atoms with Crippen molar-refractivity contribution < 1.29 is 23.8 Å². The Hall–Kier alpha value is -2.70. The van der Waals surface area contributed by atoms with Crippen LogP contribution in [0.1, 0.15) is 26.3 Å². The zero-order valence-corrected chi connectivity index (χ0v) is 17.1. The van der Waals surface area contributed by atoms with Crippen LogP contribution in [0.4, 0.5) is 4.79 Å². The number of piperazine rings is 1. The average Bonchev–Trinajstić information content (AvgIpc) is 2.70. The molecule has 28 heavy (non-hydrogen) atoms. The number of carbonyl (C=O) groups excluding carboxylic acids is 2. The monoisotopic (exact) mass is 390 g/mol. The smallest absolute Gasteiger partial charge is 0.409 e. The highest BCUT2D eigenvalue weighted by molar-refractivity contribution is 5.92. The summed E-state index contributed by atoms with van der Waals surface area (Å²) in [6, 6.07) is 5.53. The molecule has 2 rings (SSSR count). The summed E-state index contributed by atoms with van der Waals surface area (Å²) in [7, 11) is 1.59. The number of hydrogen-bond donors (Lipinski definition) is 0. The van der Waals surface area contributed by atoms with E-state index in [1.807, 2.05) is 39.0 Å². The molecule has 0 aromatic heterocycles. The van der Waals surface area contributed by atoms with Gasteiger partial charge in [-0.2, -0.15) is 0 Å². The molecule has 1 aromatic rings. The van der Waals surface area contributed by atoms with Crippen molar-refractivity contribution in [3.8, 4) is 11.5 Å². The van der Waals surface area contributed by atoms with E-state index in [1.165, 1.54) is 0 Å². The van der Waals surface area contributed by atoms with Crippen LogP contribution in [0.25, 0.3) is 6.08 Å². The molecule has 0 radical (unpaired) electrons. The normalized spacial score (nSPS) is 14.5. The maximum Gasteiger partial charge on any atom is 0.409 e. The van der Waals surface area contributed by atoms with E-state index in [9.17, 15) is 9.59 Å². The van der Waals surface area contributed by atoms with E-state index in [0.29, 0.717) is 56.8 Å². The molecule has 1 aliphatic heterocycles. The maximum absolute atomic E-state index is 12.4. The molecule has 0 bridgehead atoms. The molecule has 1 aliphatic rings. The molecule has 0 aliphatic carbocycles. The first-order valence-corrected chi connectivity index (χ1v) is 9.64. The summed E-state index contributed by atoms with van der Waals surface area (Å²) in [5.41, 5.74) is 0.855. The minimum absolute atomic E-state index is 0.0797. The minimum Gasteiger partial charge on any atom is -0.493 e. The molecule has 1 aromatic carbocycles. The minimum atomic E-state index is -0.307. The van der Waals surface area contributed by atoms with Gasteiger partial charge in [0.25, 0.3) is 0 Å². The topological polar surface area (TPSA) is 68.3 Å². The lowest BCUT2D eigenvalue weighted by molar-refractivity contribution is -0.127. The fourth-order valence-corrected chi connectivity index (χ4v) is 2.78. The van der Waals surface area contributed by atoms with Gasteiger partial charge in [0.05, 0.1) is 20.3 Å². The van der Waals surface area contributed by atoms with Gasteiger partial charge < -0.3 is 24.0 Å². The highest BCUT2D eigenvalue weighted by Crippen LogP contribution is 2.28. The molecule has 1 heterocycles. The summed E-state index contributed by atoms with van der Waals surface area (Å²) in [4.78, 5) is 27.8. The second kappa shape index (κ2) is 10.6. The summed E-state index contributed by atoms with van der Waals surface area (Å²) in [6.45, 7) is 8.79. The number of ether oxygens (including phenoxy) is 3. The van der Waals surface area contributed by atoms with Crippen molar-refractivity contribution in [3.63, 3.8) is 0 Å². The molecule has 154 valence electrons. The van der Waals surface area contributed by atoms with Gasteiger partial charge in [-0.3, -0.25) is 4.79 Å². The largest absolute Gasteiger partial charge is 0.493 e. The quantitative estimate of drug-likeness (QED) is 0.670. The van der Waals surface area contributed by atoms with Crippen LogP contribution < -0.4 is 9.47 Å². The fraction of sp³-hybridized carbons (Fsp3) is 0.524. The van der Waals surface area contributed by atoms with Crippen LogP contribution in [0.3, 0.4) is 0 Å². The molecule has 1 saturated heterocycles. The van der Waals surface area contributed by atoms with Crippen molar-refractivity contribution in [2.75, 3.05) is 46.5 Å². The zero-order chi connectivity index (χ0) is 20.5. The lowest BCUT2D eigenvalue weighted by Gasteiger charge is -2.33. The van der Waals surface area contributed by atoms with Gasteiger partial charge in [0.2, 0.25) is 5.91 Å². The van der Waals surface area contributed by atoms with Gasteiger partial charge in [-0.15, -0.1) is 0 Å². The van der Waals surface area contributed by atoms with Gasteiger partial charge in [0.15, 0.2) is 11.5 Å². The summed E-state index contributed by atoms with van der Waals surface area (Å²) in [5.74, 6) is 1.53. The van der Waals surface area contributed by atoms with Gasteiger partial charge in [-0.1, -0.05) is 19.9 Å². The zero-order valence-electron chi connectivity index (χ0n) is 17.1. The maximum atomic E-state index is 12.4. The standard InChI is InChI=1S/C21H30N2O5/c1-5-27-19-14-17(6-8-18(19)26-4)7-9-20(24)22-10-12-23(13-11-22)21(25)28-15-16(2)3/h6-9,14,16H,5,10-13,15H2,1-4H3/b9-7+. The van der Waals surface area contributed by atoms with Crippen molar-refractivity contribution in [2.24, 2.45) is 5.92 Å². The predicted octanol–water partition coefficient (Wildman–Crippen LogP) is 3.04. The van der Waals surface area contributed by atoms with Crippen LogP contribution in [0.2, 0.25) is 0 Å². The van der Waals surface area contributed by atoms with Gasteiger partial charge in [-0.25, -0.2) is 4.79 Å². The van der Waals surface area contributed by atoms with Crippen molar-refractivity contribution in [3.05, 3.63) is 29.8 Å². The average molecular weight is 390 g/mol. The Morgan fingerprint density at radius 1 is 1.11 bits per heavy atom. The number of carbonyl (C=O) groups is 2. The summed E-state index contributed by atoms with van der Waals surface area (Å²) in [5, 5.41) is 0. The van der Waals surface area contributed by atoms with Gasteiger partial charge >= 0.3 is 6.09 Å². The fourth-order valence-electron chi connectivity index (χ4n) is 2.78. The highest BCUT2D eigenvalue weighted by Gasteiger charge is 2.24. The van der Waals surface area contributed by atoms with Gasteiger partial charge in [0.1, 0.15) is 0 Å². The Balaban J connectivity index is 1.88. The molecule has 7 heteroatoms. The van der Waals surface area contributed by atoms with Crippen molar-refractivity contribution in [2.45, 2.75) is 20.8 Å². The first kappa shape index (κ1) is 21.6. The Kier molecular flexibility index (Phi) is 8.17. The van der Waals surface area contributed by atoms with Crippen LogP contribution >= 0.6 is 0 Å². The van der Waals surface area contributed by atoms with E-state index in [2.05, 4.69) is 0 Å². The molecule has 0 spiro atoms. The lowest BCUT2D eigenvalue weighted by atomic mass is 10.2. The van der Waals surface area contributed by atoms with E-state index in [1.54, 1.807) is 29.1 Å². The second-order valence-electron chi connectivity index (χ2n) is 6.96. The molecule has 2 amide bonds. The molecule has 0 unspecified atom stereocenters. The molecule has 7 nitrogen and oxygen atoms in total. The molecule has 0 saturated carbocycles. The summed E-state index contributed by atoms with van der Waals surface area (Å²) in [6.07, 6.45) is 3.00. The van der Waals surface area contributed by atoms with E-state index >= 15 is 0 Å². The van der Waals surface area contributed by atoms with Gasteiger partial charge in [-0.05, 0) is 36.6 Å². The van der Waals surface area contributed by atoms with E-state index < -0.39 is 0 Å². The molecule has 1 fully saturated rings. The van der Waals surface area contributed by atoms with E-state index in [4.69, 9.17) is 14.2 Å². The van der Waals surface area contributed by atoms with Crippen molar-refractivity contribution in [1.29, 1.82) is 0 Å². The number of nitrogens with zero attached hydrogens (tertiary/aromatic N) is 2. The first-order chi connectivity index (χ1) is 13.4. The summed E-state index contributed by atoms with van der Waals surface area (Å²) >= 11 is 0. The number of benzene rings is 1. The van der Waals surface area contributed by atoms with Crippen LogP contribution in [0, 0.1) is 5.92 Å². The third-order valence-electron chi connectivity index (χ3n) is 4.30. The third kappa shape index (κ3) is 6.18. The SMILES string of the molecule is CCOc1cc(/C=C/C(=O)N2CCN(C(=O)OCC(C)C)CC2)ccc1OC. The Bertz CT molecular complexity index is 694. The molecule has 0 N–H and O–H groups in total. The lowest BCUT2D eigenvalue weighted by Crippen LogP contribution is -2.50. The predicted molar refractivity (Wildman–Crippen MR) is 108 cm³/mol. The van der Waals surface area contributed by atoms with Gasteiger partial charge in [0, 0.05) is 32.3 Å². The van der Waals surface area contributed by atoms with Crippen LogP contribution in [-0.4, -0.2) is 68.3 Å². The highest BCUT2D eigenvalue weighted by atomic mass is 16.6. The number of methoxy groups -OCH3 is 1. The Morgan fingerprint density at radius 3 is 2.39 bits per heavy atom. The van der Waals surface area contributed by atoms with Crippen LogP contribution in [-0.2, 0) is 9.53 Å². The number of amides is 2. The summed E-state index contributed by atoms with van der Waals surface area (Å²) < 4.78 is 16.1.